The zero-order valence-corrected chi connectivity index (χ0v) is 19.7. The standard InChI is InChI=1S/C24H25N3O2S.ClH/c1-16-9-12-20(29-4)21-22(16)30-24(25-21)27(14-13-26(2)3)23(28)19-11-10-17-7-5-6-8-18(17)15-19;/h5-12,15H,13-14H2,1-4H3;1H. The van der Waals surface area contributed by atoms with Gasteiger partial charge in [-0.3, -0.25) is 9.69 Å². The first-order chi connectivity index (χ1) is 14.5. The summed E-state index contributed by atoms with van der Waals surface area (Å²) in [5, 5.41) is 2.87. The van der Waals surface area contributed by atoms with Crippen LogP contribution in [0.5, 0.6) is 5.75 Å². The second kappa shape index (κ2) is 9.64. The number of aryl methyl sites for hydroxylation is 1. The number of halogens is 1. The van der Waals surface area contributed by atoms with Crippen LogP contribution in [0.25, 0.3) is 21.0 Å². The molecule has 3 aromatic carbocycles. The highest BCUT2D eigenvalue weighted by Crippen LogP contribution is 2.37. The van der Waals surface area contributed by atoms with Crippen LogP contribution in [0.4, 0.5) is 5.13 Å². The zero-order valence-electron chi connectivity index (χ0n) is 18.1. The summed E-state index contributed by atoms with van der Waals surface area (Å²) in [5.41, 5.74) is 2.59. The molecule has 0 saturated carbocycles. The average Bonchev–Trinajstić information content (AvgIpc) is 3.19. The first-order valence-corrected chi connectivity index (χ1v) is 10.7. The van der Waals surface area contributed by atoms with E-state index in [4.69, 9.17) is 9.72 Å². The predicted octanol–water partition coefficient (Wildman–Crippen LogP) is 5.40. The van der Waals surface area contributed by atoms with Crippen molar-refractivity contribution in [2.24, 2.45) is 0 Å². The molecule has 0 unspecified atom stereocenters. The van der Waals surface area contributed by atoms with Gasteiger partial charge >= 0.3 is 0 Å². The number of aromatic nitrogens is 1. The Morgan fingerprint density at radius 1 is 1.03 bits per heavy atom. The largest absolute Gasteiger partial charge is 0.494 e. The van der Waals surface area contributed by atoms with Crippen molar-refractivity contribution in [1.82, 2.24) is 9.88 Å². The summed E-state index contributed by atoms with van der Waals surface area (Å²) >= 11 is 1.54. The minimum Gasteiger partial charge on any atom is -0.494 e. The molecule has 0 aliphatic heterocycles. The summed E-state index contributed by atoms with van der Waals surface area (Å²) < 4.78 is 6.55. The Hall–Kier alpha value is -2.67. The van der Waals surface area contributed by atoms with Crippen molar-refractivity contribution >= 4 is 55.8 Å². The summed E-state index contributed by atoms with van der Waals surface area (Å²) in [6.45, 7) is 3.35. The van der Waals surface area contributed by atoms with Crippen LogP contribution in [0.3, 0.4) is 0 Å². The molecule has 162 valence electrons. The zero-order chi connectivity index (χ0) is 21.3. The molecule has 1 heterocycles. The lowest BCUT2D eigenvalue weighted by Crippen LogP contribution is -2.36. The molecule has 0 aliphatic carbocycles. The van der Waals surface area contributed by atoms with Crippen LogP contribution in [0.1, 0.15) is 15.9 Å². The van der Waals surface area contributed by atoms with Crippen molar-refractivity contribution in [3.8, 4) is 5.75 Å². The van der Waals surface area contributed by atoms with Gasteiger partial charge in [-0.2, -0.15) is 0 Å². The van der Waals surface area contributed by atoms with Gasteiger partial charge in [0.2, 0.25) is 0 Å². The first-order valence-electron chi connectivity index (χ1n) is 9.87. The molecule has 0 saturated heterocycles. The first kappa shape index (κ1) is 23.0. The van der Waals surface area contributed by atoms with Crippen molar-refractivity contribution in [3.63, 3.8) is 0 Å². The molecule has 0 radical (unpaired) electrons. The Bertz CT molecular complexity index is 1220. The number of anilines is 1. The SMILES string of the molecule is COc1ccc(C)c2sc(N(CCN(C)C)C(=O)c3ccc4ccccc4c3)nc12.Cl. The molecule has 5 nitrogen and oxygen atoms in total. The van der Waals surface area contributed by atoms with Crippen LogP contribution in [0.15, 0.2) is 54.6 Å². The average molecular weight is 456 g/mol. The van der Waals surface area contributed by atoms with Crippen LogP contribution in [-0.4, -0.2) is 50.1 Å². The molecule has 0 atom stereocenters. The molecule has 7 heteroatoms. The van der Waals surface area contributed by atoms with Gasteiger partial charge in [0.15, 0.2) is 5.13 Å². The fourth-order valence-electron chi connectivity index (χ4n) is 3.44. The number of carbonyl (C=O) groups excluding carboxylic acids is 1. The molecule has 4 aromatic rings. The monoisotopic (exact) mass is 455 g/mol. The number of benzene rings is 3. The summed E-state index contributed by atoms with van der Waals surface area (Å²) in [6.07, 6.45) is 0. The fourth-order valence-corrected chi connectivity index (χ4v) is 4.52. The van der Waals surface area contributed by atoms with Gasteiger partial charge in [0.25, 0.3) is 5.91 Å². The Morgan fingerprint density at radius 3 is 2.48 bits per heavy atom. The number of hydrogen-bond acceptors (Lipinski definition) is 5. The number of ether oxygens (including phenoxy) is 1. The molecule has 4 rings (SSSR count). The maximum Gasteiger partial charge on any atom is 0.260 e. The van der Waals surface area contributed by atoms with Gasteiger partial charge in [0, 0.05) is 18.7 Å². The van der Waals surface area contributed by atoms with Crippen LogP contribution in [0, 0.1) is 6.92 Å². The number of fused-ring (bicyclic) bond motifs is 2. The Kier molecular flexibility index (Phi) is 7.15. The summed E-state index contributed by atoms with van der Waals surface area (Å²) in [6, 6.07) is 17.9. The van der Waals surface area contributed by atoms with Crippen LogP contribution >= 0.6 is 23.7 Å². The van der Waals surface area contributed by atoms with Crippen molar-refractivity contribution < 1.29 is 9.53 Å². The number of methoxy groups -OCH3 is 1. The maximum atomic E-state index is 13.6. The number of likely N-dealkylation sites (N-methyl/N-ethyl adjacent to an activating group) is 1. The van der Waals surface area contributed by atoms with E-state index in [1.54, 1.807) is 12.0 Å². The summed E-state index contributed by atoms with van der Waals surface area (Å²) in [4.78, 5) is 22.2. The highest BCUT2D eigenvalue weighted by molar-refractivity contribution is 7.22. The molecule has 0 N–H and O–H groups in total. The number of rotatable bonds is 6. The Morgan fingerprint density at radius 2 is 1.77 bits per heavy atom. The van der Waals surface area contributed by atoms with E-state index in [-0.39, 0.29) is 18.3 Å². The Labute approximate surface area is 192 Å². The van der Waals surface area contributed by atoms with E-state index in [0.717, 1.165) is 38.8 Å². The van der Waals surface area contributed by atoms with Gasteiger partial charge in [-0.15, -0.1) is 12.4 Å². The lowest BCUT2D eigenvalue weighted by molar-refractivity contribution is 0.0985. The van der Waals surface area contributed by atoms with E-state index < -0.39 is 0 Å². The summed E-state index contributed by atoms with van der Waals surface area (Å²) in [5.74, 6) is 0.682. The van der Waals surface area contributed by atoms with Gasteiger partial charge in [-0.05, 0) is 55.6 Å². The third-order valence-electron chi connectivity index (χ3n) is 5.16. The number of carbonyl (C=O) groups is 1. The van der Waals surface area contributed by atoms with E-state index in [9.17, 15) is 4.79 Å². The fraction of sp³-hybridized carbons (Fsp3) is 0.250. The van der Waals surface area contributed by atoms with Crippen molar-refractivity contribution in [3.05, 3.63) is 65.7 Å². The van der Waals surface area contributed by atoms with Gasteiger partial charge < -0.3 is 9.64 Å². The van der Waals surface area contributed by atoms with Crippen LogP contribution in [-0.2, 0) is 0 Å². The molecule has 0 bridgehead atoms. The topological polar surface area (TPSA) is 45.7 Å². The minimum absolute atomic E-state index is 0. The minimum atomic E-state index is -0.0433. The van der Waals surface area contributed by atoms with E-state index in [1.807, 2.05) is 62.6 Å². The van der Waals surface area contributed by atoms with Gasteiger partial charge in [0.1, 0.15) is 11.3 Å². The van der Waals surface area contributed by atoms with E-state index >= 15 is 0 Å². The molecule has 31 heavy (non-hydrogen) atoms. The van der Waals surface area contributed by atoms with Gasteiger partial charge in [-0.1, -0.05) is 47.7 Å². The molecule has 0 fully saturated rings. The predicted molar refractivity (Wildman–Crippen MR) is 132 cm³/mol. The van der Waals surface area contributed by atoms with Crippen molar-refractivity contribution in [2.45, 2.75) is 6.92 Å². The van der Waals surface area contributed by atoms with Crippen molar-refractivity contribution in [1.29, 1.82) is 0 Å². The normalized spacial score (nSPS) is 11.0. The molecule has 0 aliphatic rings. The lowest BCUT2D eigenvalue weighted by atomic mass is 10.1. The maximum absolute atomic E-state index is 13.6. The molecular weight excluding hydrogens is 430 g/mol. The second-order valence-electron chi connectivity index (χ2n) is 7.58. The van der Waals surface area contributed by atoms with E-state index in [2.05, 4.69) is 17.9 Å². The van der Waals surface area contributed by atoms with Crippen molar-refractivity contribution in [2.75, 3.05) is 39.2 Å². The number of nitrogens with zero attached hydrogens (tertiary/aromatic N) is 3. The van der Waals surface area contributed by atoms with Gasteiger partial charge in [0.05, 0.1) is 11.8 Å². The lowest BCUT2D eigenvalue weighted by Gasteiger charge is -2.22. The third-order valence-corrected chi connectivity index (χ3v) is 6.37. The molecule has 1 aromatic heterocycles. The van der Waals surface area contributed by atoms with Crippen LogP contribution in [0.2, 0.25) is 0 Å². The quantitative estimate of drug-likeness (QED) is 0.390. The number of hydrogen-bond donors (Lipinski definition) is 0. The summed E-state index contributed by atoms with van der Waals surface area (Å²) in [7, 11) is 5.65. The highest BCUT2D eigenvalue weighted by Gasteiger charge is 2.23. The highest BCUT2D eigenvalue weighted by atomic mass is 35.5. The van der Waals surface area contributed by atoms with Gasteiger partial charge in [-0.25, -0.2) is 4.98 Å². The molecular formula is C24H26ClN3O2S. The molecule has 0 spiro atoms. The van der Waals surface area contributed by atoms with E-state index in [0.29, 0.717) is 17.2 Å². The smallest absolute Gasteiger partial charge is 0.260 e. The molecule has 1 amide bonds. The second-order valence-corrected chi connectivity index (χ2v) is 8.56. The van der Waals surface area contributed by atoms with E-state index in [1.165, 1.54) is 11.3 Å². The van der Waals surface area contributed by atoms with Crippen LogP contribution < -0.4 is 9.64 Å². The number of amides is 1. The third kappa shape index (κ3) is 4.66. The number of thiazole rings is 1. The Balaban J connectivity index is 0.00000272.